The van der Waals surface area contributed by atoms with E-state index >= 15 is 0 Å². The van der Waals surface area contributed by atoms with Crippen LogP contribution >= 0.6 is 13.4 Å². The molecule has 0 heterocycles. The van der Waals surface area contributed by atoms with Gasteiger partial charge in [-0.2, -0.15) is 0 Å². The fourth-order valence-corrected chi connectivity index (χ4v) is 1.94. The Bertz CT molecular complexity index is 337. The molecule has 0 bridgehead atoms. The number of hydrogen-bond acceptors (Lipinski definition) is 2. The SMILES string of the molecule is CCC(C)CC(C)C.CCC(C)CC(C)C.OP(O)(O)=S.OP(O)(O)=S.[Zn]. The molecule has 166 valence electrons. The average Bonchev–Trinajstić information content (AvgIpc) is 2.33. The smallest absolute Gasteiger partial charge is 0.319 e. The molecule has 6 N–H and O–H groups in total. The summed E-state index contributed by atoms with van der Waals surface area (Å²) in [5.74, 6) is 3.61. The molecule has 0 saturated carbocycles. The van der Waals surface area contributed by atoms with Gasteiger partial charge in [-0.1, -0.05) is 68.2 Å². The topological polar surface area (TPSA) is 121 Å². The van der Waals surface area contributed by atoms with Gasteiger partial charge in [-0.3, -0.25) is 0 Å². The molecule has 0 aliphatic carbocycles. The first-order valence-corrected chi connectivity index (χ1v) is 14.2. The van der Waals surface area contributed by atoms with E-state index in [4.69, 9.17) is 29.4 Å². The van der Waals surface area contributed by atoms with Gasteiger partial charge in [-0.15, -0.1) is 0 Å². The predicted octanol–water partition coefficient (Wildman–Crippen LogP) is 4.53. The van der Waals surface area contributed by atoms with Crippen molar-refractivity contribution < 1.29 is 48.8 Å². The maximum absolute atomic E-state index is 7.56. The zero-order valence-electron chi connectivity index (χ0n) is 18.2. The quantitative estimate of drug-likeness (QED) is 0.223. The van der Waals surface area contributed by atoms with Gasteiger partial charge in [0.05, 0.1) is 0 Å². The molecule has 0 spiro atoms. The minimum atomic E-state index is -3.81. The number of hydrogen-bond donors (Lipinski definition) is 6. The third-order valence-electron chi connectivity index (χ3n) is 3.14. The molecular weight excluding hydrogens is 480 g/mol. The van der Waals surface area contributed by atoms with E-state index in [1.54, 1.807) is 0 Å². The Morgan fingerprint density at radius 1 is 0.593 bits per heavy atom. The molecule has 11 heteroatoms. The van der Waals surface area contributed by atoms with E-state index in [0.29, 0.717) is 0 Å². The Morgan fingerprint density at radius 3 is 0.778 bits per heavy atom. The van der Waals surface area contributed by atoms with E-state index in [1.807, 2.05) is 0 Å². The van der Waals surface area contributed by atoms with Crippen LogP contribution in [0.15, 0.2) is 0 Å². The van der Waals surface area contributed by atoms with Crippen LogP contribution in [-0.4, -0.2) is 29.4 Å². The molecule has 2 atom stereocenters. The van der Waals surface area contributed by atoms with Gasteiger partial charge in [0.2, 0.25) is 0 Å². The summed E-state index contributed by atoms with van der Waals surface area (Å²) < 4.78 is 0. The van der Waals surface area contributed by atoms with Crippen molar-refractivity contribution in [3.63, 3.8) is 0 Å². The monoisotopic (exact) mass is 520 g/mol. The first-order valence-electron chi connectivity index (χ1n) is 8.89. The van der Waals surface area contributed by atoms with Gasteiger partial charge >= 0.3 is 13.4 Å². The molecule has 0 aromatic carbocycles. The summed E-state index contributed by atoms with van der Waals surface area (Å²) in [6.07, 6.45) is 5.43. The van der Waals surface area contributed by atoms with Crippen molar-refractivity contribution in [3.05, 3.63) is 0 Å². The number of rotatable bonds is 6. The molecule has 27 heavy (non-hydrogen) atoms. The van der Waals surface area contributed by atoms with Gasteiger partial charge < -0.3 is 29.4 Å². The second-order valence-electron chi connectivity index (χ2n) is 7.31. The van der Waals surface area contributed by atoms with Crippen molar-refractivity contribution in [2.24, 2.45) is 23.7 Å². The standard InChI is InChI=1S/2C8H18.2H3O3PS.Zn/c2*1-5-8(4)6-7(2)3;2*1-4(2,3)5;/h2*7-8H,5-6H2,1-4H3;2*(H3,1,2,3,5);. The Labute approximate surface area is 190 Å². The van der Waals surface area contributed by atoms with Crippen molar-refractivity contribution in [2.75, 3.05) is 0 Å². The predicted molar refractivity (Wildman–Crippen MR) is 120 cm³/mol. The van der Waals surface area contributed by atoms with Crippen molar-refractivity contribution in [1.82, 2.24) is 0 Å². The summed E-state index contributed by atoms with van der Waals surface area (Å²) in [4.78, 5) is 45.3. The zero-order chi connectivity index (χ0) is 22.1. The second kappa shape index (κ2) is 22.4. The first-order chi connectivity index (χ1) is 11.3. The van der Waals surface area contributed by atoms with Gasteiger partial charge in [-0.25, -0.2) is 0 Å². The van der Waals surface area contributed by atoms with Crippen molar-refractivity contribution in [3.8, 4) is 0 Å². The molecular formula is C16H42O6P2S2Zn. The Balaban J connectivity index is -0.0000000807. The van der Waals surface area contributed by atoms with Crippen LogP contribution in [0.25, 0.3) is 0 Å². The third kappa shape index (κ3) is 97.5. The van der Waals surface area contributed by atoms with Crippen LogP contribution in [0.5, 0.6) is 0 Å². The molecule has 0 fully saturated rings. The van der Waals surface area contributed by atoms with E-state index in [2.05, 4.69) is 79.0 Å². The third-order valence-corrected chi connectivity index (χ3v) is 3.14. The van der Waals surface area contributed by atoms with Crippen LogP contribution < -0.4 is 0 Å². The van der Waals surface area contributed by atoms with Crippen LogP contribution in [0.3, 0.4) is 0 Å². The van der Waals surface area contributed by atoms with Crippen LogP contribution in [0.1, 0.15) is 81.1 Å². The maximum Gasteiger partial charge on any atom is 0.319 e. The summed E-state index contributed by atoms with van der Waals surface area (Å²) in [7, 11) is 0. The van der Waals surface area contributed by atoms with Gasteiger partial charge in [0.15, 0.2) is 0 Å². The van der Waals surface area contributed by atoms with E-state index in [0.717, 1.165) is 23.7 Å². The summed E-state index contributed by atoms with van der Waals surface area (Å²) in [6.45, 7) is 10.7. The zero-order valence-corrected chi connectivity index (χ0v) is 24.6. The molecule has 0 saturated heterocycles. The molecule has 0 rings (SSSR count). The molecule has 0 aromatic rings. The van der Waals surface area contributed by atoms with Crippen molar-refractivity contribution in [1.29, 1.82) is 0 Å². The Hall–Kier alpha value is 1.68. The van der Waals surface area contributed by atoms with Crippen molar-refractivity contribution >= 4 is 37.1 Å². The van der Waals surface area contributed by atoms with E-state index in [1.165, 1.54) is 25.7 Å². The fourth-order valence-electron chi connectivity index (χ4n) is 1.94. The van der Waals surface area contributed by atoms with Gasteiger partial charge in [0.1, 0.15) is 0 Å². The summed E-state index contributed by atoms with van der Waals surface area (Å²) in [5.41, 5.74) is 0. The molecule has 6 nitrogen and oxygen atoms in total. The van der Waals surface area contributed by atoms with Gasteiger partial charge in [-0.05, 0) is 60.1 Å². The van der Waals surface area contributed by atoms with Gasteiger partial charge in [0, 0.05) is 19.5 Å². The van der Waals surface area contributed by atoms with E-state index in [-0.39, 0.29) is 19.5 Å². The summed E-state index contributed by atoms with van der Waals surface area (Å²) in [6, 6.07) is 0. The van der Waals surface area contributed by atoms with Crippen LogP contribution in [0, 0.1) is 23.7 Å². The Morgan fingerprint density at radius 2 is 0.741 bits per heavy atom. The molecule has 0 aromatic heterocycles. The normalized spacial score (nSPS) is 13.0. The minimum absolute atomic E-state index is 0. The molecule has 0 amide bonds. The molecule has 0 aliphatic rings. The molecule has 0 aliphatic heterocycles. The minimum Gasteiger partial charge on any atom is -0.325 e. The summed E-state index contributed by atoms with van der Waals surface area (Å²) in [5, 5.41) is 0. The second-order valence-corrected chi connectivity index (χ2v) is 12.3. The average molecular weight is 522 g/mol. The molecule has 0 radical (unpaired) electrons. The largest absolute Gasteiger partial charge is 0.325 e. The summed E-state index contributed by atoms with van der Waals surface area (Å²) >= 11 is 7.21. The van der Waals surface area contributed by atoms with Crippen molar-refractivity contribution in [2.45, 2.75) is 81.1 Å². The van der Waals surface area contributed by atoms with Gasteiger partial charge in [0.25, 0.3) is 0 Å². The Kier molecular flexibility index (Phi) is 32.5. The first kappa shape index (κ1) is 39.2. The molecule has 2 unspecified atom stereocenters. The van der Waals surface area contributed by atoms with Crippen LogP contribution in [-0.2, 0) is 43.1 Å². The van der Waals surface area contributed by atoms with E-state index < -0.39 is 13.4 Å². The van der Waals surface area contributed by atoms with Crippen LogP contribution in [0.2, 0.25) is 0 Å². The van der Waals surface area contributed by atoms with E-state index in [9.17, 15) is 0 Å². The van der Waals surface area contributed by atoms with Crippen LogP contribution in [0.4, 0.5) is 0 Å². The fraction of sp³-hybridized carbons (Fsp3) is 1.00. The maximum atomic E-state index is 7.56.